The van der Waals surface area contributed by atoms with Gasteiger partial charge in [0.2, 0.25) is 0 Å². The van der Waals surface area contributed by atoms with Crippen LogP contribution in [0, 0.1) is 0 Å². The van der Waals surface area contributed by atoms with Gasteiger partial charge in [0.1, 0.15) is 0 Å². The van der Waals surface area contributed by atoms with E-state index in [-0.39, 0.29) is 5.97 Å². The lowest BCUT2D eigenvalue weighted by Crippen LogP contribution is -2.21. The van der Waals surface area contributed by atoms with Gasteiger partial charge in [0.05, 0.1) is 11.3 Å². The monoisotopic (exact) mass is 177 g/mol. The number of ether oxygens (including phenoxy) is 1. The summed E-state index contributed by atoms with van der Waals surface area (Å²) >= 11 is 0. The van der Waals surface area contributed by atoms with Crippen LogP contribution in [0.4, 0.5) is 0 Å². The third-order valence-corrected chi connectivity index (χ3v) is 2.52. The van der Waals surface area contributed by atoms with Crippen LogP contribution < -0.4 is 0 Å². The smallest absolute Gasteiger partial charge is 0.341 e. The summed E-state index contributed by atoms with van der Waals surface area (Å²) in [7, 11) is 0. The van der Waals surface area contributed by atoms with E-state index >= 15 is 0 Å². The Kier molecular flexibility index (Phi) is 1.62. The Labute approximate surface area is 76.7 Å². The second-order valence-corrected chi connectivity index (χ2v) is 3.37. The van der Waals surface area contributed by atoms with Gasteiger partial charge in [0.25, 0.3) is 0 Å². The van der Waals surface area contributed by atoms with E-state index in [1.165, 1.54) is 0 Å². The maximum Gasteiger partial charge on any atom is 0.341 e. The fourth-order valence-electron chi connectivity index (χ4n) is 1.54. The molecule has 0 N–H and O–H groups in total. The van der Waals surface area contributed by atoms with Crippen molar-refractivity contribution in [2.75, 3.05) is 0 Å². The van der Waals surface area contributed by atoms with Crippen molar-refractivity contribution < 1.29 is 9.53 Å². The molecular formula is C10H11NO2. The van der Waals surface area contributed by atoms with Gasteiger partial charge in [0.15, 0.2) is 5.60 Å². The first-order chi connectivity index (χ1) is 6.17. The molecule has 1 aromatic heterocycles. The summed E-state index contributed by atoms with van der Waals surface area (Å²) in [6.45, 7) is 3.88. The number of nitrogens with zero attached hydrogens (tertiary/aromatic N) is 1. The van der Waals surface area contributed by atoms with Crippen LogP contribution in [0.2, 0.25) is 0 Å². The zero-order valence-corrected chi connectivity index (χ0v) is 7.70. The number of carbonyl (C=O) groups is 1. The molecule has 1 atom stereocenters. The molecule has 3 heteroatoms. The highest BCUT2D eigenvalue weighted by Gasteiger charge is 2.41. The minimum absolute atomic E-state index is 0.257. The molecular weight excluding hydrogens is 166 g/mol. The van der Waals surface area contributed by atoms with Crippen LogP contribution in [0.3, 0.4) is 0 Å². The Morgan fingerprint density at radius 1 is 1.62 bits per heavy atom. The number of aromatic nitrogens is 1. The van der Waals surface area contributed by atoms with Gasteiger partial charge in [-0.2, -0.15) is 0 Å². The van der Waals surface area contributed by atoms with Crippen LogP contribution in [0.15, 0.2) is 18.3 Å². The lowest BCUT2D eigenvalue weighted by molar-refractivity contribution is -0.00223. The summed E-state index contributed by atoms with van der Waals surface area (Å²) in [6, 6.07) is 3.51. The molecule has 0 bridgehead atoms. The molecule has 1 unspecified atom stereocenters. The van der Waals surface area contributed by atoms with Crippen molar-refractivity contribution >= 4 is 5.97 Å². The van der Waals surface area contributed by atoms with E-state index in [0.717, 1.165) is 12.1 Å². The second-order valence-electron chi connectivity index (χ2n) is 3.37. The van der Waals surface area contributed by atoms with Gasteiger partial charge < -0.3 is 4.74 Å². The van der Waals surface area contributed by atoms with E-state index in [4.69, 9.17) is 4.74 Å². The van der Waals surface area contributed by atoms with Gasteiger partial charge in [-0.25, -0.2) is 4.79 Å². The first-order valence-electron chi connectivity index (χ1n) is 4.36. The highest BCUT2D eigenvalue weighted by atomic mass is 16.6. The van der Waals surface area contributed by atoms with Crippen molar-refractivity contribution in [3.05, 3.63) is 29.6 Å². The molecule has 13 heavy (non-hydrogen) atoms. The number of hydrogen-bond acceptors (Lipinski definition) is 3. The molecule has 0 aliphatic carbocycles. The van der Waals surface area contributed by atoms with Gasteiger partial charge in [-0.3, -0.25) is 4.98 Å². The van der Waals surface area contributed by atoms with Crippen molar-refractivity contribution in [2.45, 2.75) is 25.9 Å². The minimum Gasteiger partial charge on any atom is -0.449 e. The van der Waals surface area contributed by atoms with E-state index in [0.29, 0.717) is 5.56 Å². The zero-order valence-electron chi connectivity index (χ0n) is 7.70. The molecule has 1 aliphatic rings. The predicted molar refractivity (Wildman–Crippen MR) is 47.3 cm³/mol. The van der Waals surface area contributed by atoms with Crippen LogP contribution in [0.1, 0.15) is 36.3 Å². The number of fused-ring (bicyclic) bond motifs is 1. The molecule has 0 saturated carbocycles. The van der Waals surface area contributed by atoms with Crippen molar-refractivity contribution in [3.63, 3.8) is 0 Å². The molecule has 1 aliphatic heterocycles. The molecule has 2 heterocycles. The Morgan fingerprint density at radius 2 is 2.38 bits per heavy atom. The fraction of sp³-hybridized carbons (Fsp3) is 0.400. The molecule has 2 rings (SSSR count). The lowest BCUT2D eigenvalue weighted by Gasteiger charge is -2.20. The molecule has 0 saturated heterocycles. The van der Waals surface area contributed by atoms with Gasteiger partial charge >= 0.3 is 5.97 Å². The summed E-state index contributed by atoms with van der Waals surface area (Å²) in [6.07, 6.45) is 2.44. The number of rotatable bonds is 1. The quantitative estimate of drug-likeness (QED) is 0.615. The van der Waals surface area contributed by atoms with E-state index in [2.05, 4.69) is 4.98 Å². The molecule has 0 radical (unpaired) electrons. The van der Waals surface area contributed by atoms with Crippen molar-refractivity contribution in [2.24, 2.45) is 0 Å². The Balaban J connectivity index is 2.59. The summed E-state index contributed by atoms with van der Waals surface area (Å²) in [5.74, 6) is -0.257. The van der Waals surface area contributed by atoms with Crippen LogP contribution in [-0.4, -0.2) is 11.0 Å². The van der Waals surface area contributed by atoms with Crippen molar-refractivity contribution in [1.82, 2.24) is 4.98 Å². The highest BCUT2D eigenvalue weighted by molar-refractivity contribution is 5.93. The largest absolute Gasteiger partial charge is 0.449 e. The number of esters is 1. The van der Waals surface area contributed by atoms with Gasteiger partial charge in [-0.05, 0) is 25.5 Å². The summed E-state index contributed by atoms with van der Waals surface area (Å²) in [5.41, 5.74) is 0.850. The first kappa shape index (κ1) is 8.23. The van der Waals surface area contributed by atoms with Crippen LogP contribution in [0.5, 0.6) is 0 Å². The maximum atomic E-state index is 11.4. The van der Waals surface area contributed by atoms with Gasteiger partial charge in [-0.15, -0.1) is 0 Å². The SMILES string of the molecule is CCC1(C)OC(=O)c2cccnc21. The standard InChI is InChI=1S/C10H11NO2/c1-3-10(2)8-7(9(12)13-10)5-4-6-11-8/h4-6H,3H2,1-2H3. The predicted octanol–water partition coefficient (Wildman–Crippen LogP) is 1.88. The van der Waals surface area contributed by atoms with Crippen LogP contribution in [-0.2, 0) is 10.3 Å². The molecule has 68 valence electrons. The van der Waals surface area contributed by atoms with Crippen LogP contribution >= 0.6 is 0 Å². The third kappa shape index (κ3) is 1.03. The fourth-order valence-corrected chi connectivity index (χ4v) is 1.54. The van der Waals surface area contributed by atoms with E-state index in [1.54, 1.807) is 18.3 Å². The van der Waals surface area contributed by atoms with E-state index in [1.807, 2.05) is 13.8 Å². The normalized spacial score (nSPS) is 25.5. The van der Waals surface area contributed by atoms with Crippen LogP contribution in [0.25, 0.3) is 0 Å². The number of cyclic esters (lactones) is 1. The molecule has 0 fully saturated rings. The third-order valence-electron chi connectivity index (χ3n) is 2.52. The van der Waals surface area contributed by atoms with E-state index < -0.39 is 5.60 Å². The maximum absolute atomic E-state index is 11.4. The topological polar surface area (TPSA) is 39.2 Å². The average Bonchev–Trinajstić information content (AvgIpc) is 2.42. The summed E-state index contributed by atoms with van der Waals surface area (Å²) < 4.78 is 5.27. The first-order valence-corrected chi connectivity index (χ1v) is 4.36. The van der Waals surface area contributed by atoms with Crippen molar-refractivity contribution in [1.29, 1.82) is 0 Å². The number of hydrogen-bond donors (Lipinski definition) is 0. The summed E-state index contributed by atoms with van der Waals surface area (Å²) in [4.78, 5) is 15.6. The molecule has 3 nitrogen and oxygen atoms in total. The zero-order chi connectivity index (χ0) is 9.47. The lowest BCUT2D eigenvalue weighted by atomic mass is 9.97. The molecule has 0 amide bonds. The minimum atomic E-state index is -0.520. The number of carbonyl (C=O) groups excluding carboxylic acids is 1. The van der Waals surface area contributed by atoms with Crippen molar-refractivity contribution in [3.8, 4) is 0 Å². The van der Waals surface area contributed by atoms with E-state index in [9.17, 15) is 4.79 Å². The van der Waals surface area contributed by atoms with Gasteiger partial charge in [-0.1, -0.05) is 6.92 Å². The second kappa shape index (κ2) is 2.55. The summed E-state index contributed by atoms with van der Waals surface area (Å²) in [5, 5.41) is 0. The molecule has 1 aromatic rings. The Hall–Kier alpha value is -1.38. The molecule has 0 spiro atoms. The average molecular weight is 177 g/mol. The highest BCUT2D eigenvalue weighted by Crippen LogP contribution is 2.36. The van der Waals surface area contributed by atoms with Gasteiger partial charge in [0, 0.05) is 6.20 Å². The Bertz CT molecular complexity index is 362. The number of pyridine rings is 1. The molecule has 0 aromatic carbocycles. The Morgan fingerprint density at radius 3 is 3.08 bits per heavy atom.